The first-order valence-electron chi connectivity index (χ1n) is 8.11. The van der Waals surface area contributed by atoms with Gasteiger partial charge in [-0.3, -0.25) is 0 Å². The Morgan fingerprint density at radius 3 is 2.00 bits per heavy atom. The van der Waals surface area contributed by atoms with Crippen LogP contribution in [0.3, 0.4) is 0 Å². The second-order valence-electron chi connectivity index (χ2n) is 7.00. The van der Waals surface area contributed by atoms with E-state index in [1.807, 2.05) is 0 Å². The normalized spacial score (nSPS) is 17.7. The van der Waals surface area contributed by atoms with E-state index in [9.17, 15) is 5.11 Å². The molecule has 2 N–H and O–H groups in total. The third-order valence-corrected chi connectivity index (χ3v) is 3.73. The van der Waals surface area contributed by atoms with Crippen LogP contribution in [0.25, 0.3) is 0 Å². The van der Waals surface area contributed by atoms with Gasteiger partial charge < -0.3 is 15.3 Å². The fraction of sp³-hybridized carbons (Fsp3) is 1.00. The molecule has 1 aliphatic carbocycles. The number of nitrogens with zero attached hydrogens (tertiary/aromatic N) is 1. The number of hydrogen-bond acceptors (Lipinski definition) is 3. The van der Waals surface area contributed by atoms with Crippen molar-refractivity contribution in [2.75, 3.05) is 26.2 Å². The molecule has 0 amide bonds. The summed E-state index contributed by atoms with van der Waals surface area (Å²) in [4.78, 5) is 2.44. The second-order valence-corrected chi connectivity index (χ2v) is 7.00. The van der Waals surface area contributed by atoms with Crippen LogP contribution in [-0.2, 0) is 0 Å². The topological polar surface area (TPSA) is 35.5 Å². The predicted molar refractivity (Wildman–Crippen MR) is 82.4 cm³/mol. The summed E-state index contributed by atoms with van der Waals surface area (Å²) in [6.07, 6.45) is 4.80. The first-order chi connectivity index (χ1) is 8.97. The highest BCUT2D eigenvalue weighted by Gasteiger charge is 2.22. The van der Waals surface area contributed by atoms with Crippen molar-refractivity contribution in [2.24, 2.45) is 11.8 Å². The molecule has 1 aliphatic rings. The largest absolute Gasteiger partial charge is 0.390 e. The van der Waals surface area contributed by atoms with Crippen molar-refractivity contribution in [3.8, 4) is 0 Å². The molecule has 0 aromatic heterocycles. The van der Waals surface area contributed by atoms with Gasteiger partial charge in [0, 0.05) is 19.1 Å². The lowest BCUT2D eigenvalue weighted by molar-refractivity contribution is 0.105. The van der Waals surface area contributed by atoms with Gasteiger partial charge in [0.05, 0.1) is 6.10 Å². The van der Waals surface area contributed by atoms with Crippen LogP contribution >= 0.6 is 0 Å². The molecule has 0 aromatic rings. The smallest absolute Gasteiger partial charge is 0.0791 e. The Labute approximate surface area is 119 Å². The summed E-state index contributed by atoms with van der Waals surface area (Å²) in [5.74, 6) is 1.48. The van der Waals surface area contributed by atoms with Crippen LogP contribution in [0.5, 0.6) is 0 Å². The average molecular weight is 270 g/mol. The standard InChI is InChI=1S/C16H34N2O/c1-13(2)7-9-18(10-8-14(3)4)12-16(19)11-17-15-5-6-15/h13-17,19H,5-12H2,1-4H3. The molecule has 114 valence electrons. The Bertz CT molecular complexity index is 215. The van der Waals surface area contributed by atoms with E-state index in [-0.39, 0.29) is 6.10 Å². The Kier molecular flexibility index (Phi) is 7.96. The first-order valence-corrected chi connectivity index (χ1v) is 8.11. The zero-order chi connectivity index (χ0) is 14.3. The van der Waals surface area contributed by atoms with Gasteiger partial charge in [-0.25, -0.2) is 0 Å². The van der Waals surface area contributed by atoms with E-state index in [0.717, 1.165) is 38.0 Å². The number of hydrogen-bond donors (Lipinski definition) is 2. The predicted octanol–water partition coefficient (Wildman–Crippen LogP) is 2.49. The molecule has 0 heterocycles. The van der Waals surface area contributed by atoms with Crippen molar-refractivity contribution in [1.82, 2.24) is 10.2 Å². The molecule has 0 saturated heterocycles. The van der Waals surface area contributed by atoms with E-state index < -0.39 is 0 Å². The van der Waals surface area contributed by atoms with E-state index in [2.05, 4.69) is 37.9 Å². The van der Waals surface area contributed by atoms with Crippen LogP contribution in [0.4, 0.5) is 0 Å². The van der Waals surface area contributed by atoms with Gasteiger partial charge >= 0.3 is 0 Å². The minimum absolute atomic E-state index is 0.222. The molecular weight excluding hydrogens is 236 g/mol. The summed E-state index contributed by atoms with van der Waals surface area (Å²) in [5, 5.41) is 13.5. The maximum absolute atomic E-state index is 10.1. The molecule has 1 atom stereocenters. The number of aliphatic hydroxyl groups excluding tert-OH is 1. The summed E-state index contributed by atoms with van der Waals surface area (Å²) in [6, 6.07) is 0.689. The van der Waals surface area contributed by atoms with Crippen molar-refractivity contribution in [3.05, 3.63) is 0 Å². The van der Waals surface area contributed by atoms with Crippen LogP contribution in [-0.4, -0.2) is 48.3 Å². The molecule has 3 heteroatoms. The van der Waals surface area contributed by atoms with Crippen LogP contribution in [0.15, 0.2) is 0 Å². The van der Waals surface area contributed by atoms with Gasteiger partial charge in [0.1, 0.15) is 0 Å². The Morgan fingerprint density at radius 2 is 1.58 bits per heavy atom. The maximum atomic E-state index is 10.1. The molecule has 3 nitrogen and oxygen atoms in total. The quantitative estimate of drug-likeness (QED) is 0.605. The molecule has 0 aliphatic heterocycles. The minimum Gasteiger partial charge on any atom is -0.390 e. The lowest BCUT2D eigenvalue weighted by atomic mass is 10.1. The summed E-state index contributed by atoms with van der Waals surface area (Å²) < 4.78 is 0. The molecule has 19 heavy (non-hydrogen) atoms. The van der Waals surface area contributed by atoms with Gasteiger partial charge in [-0.05, 0) is 50.6 Å². The zero-order valence-corrected chi connectivity index (χ0v) is 13.4. The van der Waals surface area contributed by atoms with Gasteiger partial charge in [-0.2, -0.15) is 0 Å². The fourth-order valence-electron chi connectivity index (χ4n) is 2.13. The summed E-state index contributed by atoms with van der Waals surface area (Å²) in [7, 11) is 0. The number of rotatable bonds is 11. The van der Waals surface area contributed by atoms with Gasteiger partial charge in [-0.1, -0.05) is 27.7 Å². The molecule has 0 aromatic carbocycles. The SMILES string of the molecule is CC(C)CCN(CCC(C)C)CC(O)CNC1CC1. The van der Waals surface area contributed by atoms with Crippen LogP contribution in [0.2, 0.25) is 0 Å². The van der Waals surface area contributed by atoms with Crippen molar-refractivity contribution in [3.63, 3.8) is 0 Å². The summed E-state index contributed by atoms with van der Waals surface area (Å²) in [6.45, 7) is 12.9. The molecule has 0 radical (unpaired) electrons. The second kappa shape index (κ2) is 8.93. The van der Waals surface area contributed by atoms with E-state index in [4.69, 9.17) is 0 Å². The fourth-order valence-corrected chi connectivity index (χ4v) is 2.13. The molecule has 1 rings (SSSR count). The van der Waals surface area contributed by atoms with E-state index in [1.54, 1.807) is 0 Å². The average Bonchev–Trinajstić information content (AvgIpc) is 3.13. The van der Waals surface area contributed by atoms with E-state index in [0.29, 0.717) is 6.04 Å². The highest BCUT2D eigenvalue weighted by Crippen LogP contribution is 2.18. The van der Waals surface area contributed by atoms with Crippen molar-refractivity contribution < 1.29 is 5.11 Å². The van der Waals surface area contributed by atoms with E-state index in [1.165, 1.54) is 25.7 Å². The molecule has 1 saturated carbocycles. The molecular formula is C16H34N2O. The first kappa shape index (κ1) is 16.9. The maximum Gasteiger partial charge on any atom is 0.0791 e. The van der Waals surface area contributed by atoms with E-state index >= 15 is 0 Å². The van der Waals surface area contributed by atoms with Crippen molar-refractivity contribution >= 4 is 0 Å². The van der Waals surface area contributed by atoms with Crippen LogP contribution < -0.4 is 5.32 Å². The zero-order valence-electron chi connectivity index (χ0n) is 13.4. The third-order valence-electron chi connectivity index (χ3n) is 3.73. The van der Waals surface area contributed by atoms with Gasteiger partial charge in [0.15, 0.2) is 0 Å². The van der Waals surface area contributed by atoms with Crippen LogP contribution in [0.1, 0.15) is 53.4 Å². The minimum atomic E-state index is -0.222. The number of nitrogens with one attached hydrogen (secondary N) is 1. The summed E-state index contributed by atoms with van der Waals surface area (Å²) >= 11 is 0. The Balaban J connectivity index is 2.23. The molecule has 0 spiro atoms. The van der Waals surface area contributed by atoms with Gasteiger partial charge in [0.25, 0.3) is 0 Å². The highest BCUT2D eigenvalue weighted by atomic mass is 16.3. The summed E-state index contributed by atoms with van der Waals surface area (Å²) in [5.41, 5.74) is 0. The van der Waals surface area contributed by atoms with Gasteiger partial charge in [0.2, 0.25) is 0 Å². The van der Waals surface area contributed by atoms with Crippen molar-refractivity contribution in [2.45, 2.75) is 65.5 Å². The monoisotopic (exact) mass is 270 g/mol. The Hall–Kier alpha value is -0.120. The lowest BCUT2D eigenvalue weighted by Crippen LogP contribution is -2.40. The highest BCUT2D eigenvalue weighted by molar-refractivity contribution is 4.82. The molecule has 0 bridgehead atoms. The van der Waals surface area contributed by atoms with Crippen LogP contribution in [0, 0.1) is 11.8 Å². The molecule has 1 fully saturated rings. The molecule has 1 unspecified atom stereocenters. The third kappa shape index (κ3) is 9.42. The Morgan fingerprint density at radius 1 is 1.05 bits per heavy atom. The lowest BCUT2D eigenvalue weighted by Gasteiger charge is -2.26. The van der Waals surface area contributed by atoms with Crippen molar-refractivity contribution in [1.29, 1.82) is 0 Å². The number of aliphatic hydroxyl groups is 1. The van der Waals surface area contributed by atoms with Gasteiger partial charge in [-0.15, -0.1) is 0 Å².